The zero-order valence-electron chi connectivity index (χ0n) is 21.1. The second-order valence-corrected chi connectivity index (χ2v) is 11.7. The molecular formula is C28H28FN5O2S2. The van der Waals surface area contributed by atoms with Crippen LogP contribution >= 0.6 is 24.0 Å². The third-order valence-corrected chi connectivity index (χ3v) is 8.88. The minimum atomic E-state index is -0.247. The van der Waals surface area contributed by atoms with Crippen molar-refractivity contribution in [2.75, 3.05) is 36.0 Å². The summed E-state index contributed by atoms with van der Waals surface area (Å²) in [6.45, 7) is 4.21. The van der Waals surface area contributed by atoms with Crippen LogP contribution < -0.4 is 15.4 Å². The molecule has 6 rings (SSSR count). The Morgan fingerprint density at radius 3 is 2.47 bits per heavy atom. The fraction of sp³-hybridized carbons (Fsp3) is 0.357. The number of piperazine rings is 1. The zero-order valence-corrected chi connectivity index (χ0v) is 22.7. The van der Waals surface area contributed by atoms with Crippen molar-refractivity contribution in [3.63, 3.8) is 0 Å². The van der Waals surface area contributed by atoms with E-state index < -0.39 is 0 Å². The van der Waals surface area contributed by atoms with E-state index in [4.69, 9.17) is 17.2 Å². The van der Waals surface area contributed by atoms with Crippen molar-refractivity contribution in [2.24, 2.45) is 0 Å². The molecule has 0 N–H and O–H groups in total. The summed E-state index contributed by atoms with van der Waals surface area (Å²) in [5.74, 6) is 0.164. The van der Waals surface area contributed by atoms with E-state index in [0.29, 0.717) is 58.1 Å². The minimum Gasteiger partial charge on any atom is -0.366 e. The third-order valence-electron chi connectivity index (χ3n) is 7.55. The van der Waals surface area contributed by atoms with Gasteiger partial charge in [-0.2, -0.15) is 0 Å². The molecule has 2 aliphatic heterocycles. The number of thioether (sulfide) groups is 1. The topological polar surface area (TPSA) is 61.2 Å². The standard InChI is InChI=1S/C28H28FN5O2S2/c1-18-10-11-24-30-25(32-14-12-31(13-15-32)22-9-5-4-8-21(22)29)20(26(35)33(24)17-18)16-23-27(36)34(28(37)38-23)19-6-2-3-7-19/h4-5,8-11,16-17,19H,2-3,6-7,12-15H2,1H3/b23-16+. The Morgan fingerprint density at radius 2 is 1.74 bits per heavy atom. The largest absolute Gasteiger partial charge is 0.366 e. The molecule has 0 radical (unpaired) electrons. The van der Waals surface area contributed by atoms with Gasteiger partial charge in [-0.3, -0.25) is 18.9 Å². The summed E-state index contributed by atoms with van der Waals surface area (Å²) >= 11 is 6.84. The van der Waals surface area contributed by atoms with Crippen molar-refractivity contribution < 1.29 is 9.18 Å². The molecule has 7 nitrogen and oxygen atoms in total. The van der Waals surface area contributed by atoms with Crippen molar-refractivity contribution >= 4 is 57.4 Å². The maximum atomic E-state index is 14.4. The molecule has 38 heavy (non-hydrogen) atoms. The Bertz CT molecular complexity index is 1520. The molecule has 3 fully saturated rings. The number of hydrogen-bond acceptors (Lipinski definition) is 7. The van der Waals surface area contributed by atoms with Crippen molar-refractivity contribution in [3.05, 3.63) is 74.8 Å². The molecule has 4 heterocycles. The maximum Gasteiger partial charge on any atom is 0.267 e. The molecule has 3 aromatic rings. The number of nitrogens with zero attached hydrogens (tertiary/aromatic N) is 5. The maximum absolute atomic E-state index is 14.4. The van der Waals surface area contributed by atoms with Crippen molar-refractivity contribution in [3.8, 4) is 0 Å². The molecule has 1 amide bonds. The van der Waals surface area contributed by atoms with Gasteiger partial charge >= 0.3 is 0 Å². The highest BCUT2D eigenvalue weighted by atomic mass is 32.2. The van der Waals surface area contributed by atoms with E-state index in [1.165, 1.54) is 22.2 Å². The van der Waals surface area contributed by atoms with Crippen LogP contribution in [0.2, 0.25) is 0 Å². The van der Waals surface area contributed by atoms with Gasteiger partial charge in [0.05, 0.1) is 16.2 Å². The Kier molecular flexibility index (Phi) is 6.69. The van der Waals surface area contributed by atoms with Crippen LogP contribution in [0.3, 0.4) is 0 Å². The Morgan fingerprint density at radius 1 is 1.03 bits per heavy atom. The summed E-state index contributed by atoms with van der Waals surface area (Å²) in [5, 5.41) is 0. The number of anilines is 2. The van der Waals surface area contributed by atoms with E-state index in [2.05, 4.69) is 4.90 Å². The van der Waals surface area contributed by atoms with E-state index in [0.717, 1.165) is 31.2 Å². The second-order valence-electron chi connectivity index (χ2n) is 10.0. The van der Waals surface area contributed by atoms with Crippen LogP contribution in [0.1, 0.15) is 36.8 Å². The van der Waals surface area contributed by atoms with Crippen LogP contribution in [-0.2, 0) is 4.79 Å². The van der Waals surface area contributed by atoms with Crippen LogP contribution in [0.5, 0.6) is 0 Å². The average molecular weight is 550 g/mol. The molecule has 3 aliphatic rings. The third kappa shape index (κ3) is 4.49. The zero-order chi connectivity index (χ0) is 26.4. The van der Waals surface area contributed by atoms with Crippen LogP contribution in [0.25, 0.3) is 11.7 Å². The number of amides is 1. The number of thiocarbonyl (C=S) groups is 1. The normalized spacial score (nSPS) is 19.9. The van der Waals surface area contributed by atoms with Crippen LogP contribution in [0.4, 0.5) is 15.9 Å². The first-order valence-electron chi connectivity index (χ1n) is 13.0. The van der Waals surface area contributed by atoms with Gasteiger partial charge < -0.3 is 9.80 Å². The number of hydrogen-bond donors (Lipinski definition) is 0. The highest BCUT2D eigenvalue weighted by Gasteiger charge is 2.38. The molecule has 2 aromatic heterocycles. The van der Waals surface area contributed by atoms with Gasteiger partial charge in [0.1, 0.15) is 21.6 Å². The van der Waals surface area contributed by atoms with E-state index >= 15 is 0 Å². The van der Waals surface area contributed by atoms with E-state index in [1.54, 1.807) is 29.3 Å². The predicted octanol–water partition coefficient (Wildman–Crippen LogP) is 4.61. The molecule has 0 atom stereocenters. The molecule has 2 saturated heterocycles. The monoisotopic (exact) mass is 549 g/mol. The predicted molar refractivity (Wildman–Crippen MR) is 154 cm³/mol. The summed E-state index contributed by atoms with van der Waals surface area (Å²) in [5.41, 5.74) is 2.20. The number of aromatic nitrogens is 2. The fourth-order valence-electron chi connectivity index (χ4n) is 5.57. The number of benzene rings is 1. The minimum absolute atomic E-state index is 0.129. The lowest BCUT2D eigenvalue weighted by molar-refractivity contribution is -0.123. The first kappa shape index (κ1) is 25.1. The molecule has 1 saturated carbocycles. The number of pyridine rings is 1. The van der Waals surface area contributed by atoms with Gasteiger partial charge in [-0.1, -0.05) is 55.0 Å². The molecule has 1 aromatic carbocycles. The van der Waals surface area contributed by atoms with Crippen LogP contribution in [0.15, 0.2) is 52.3 Å². The summed E-state index contributed by atoms with van der Waals surface area (Å²) in [4.78, 5) is 38.4. The first-order valence-corrected chi connectivity index (χ1v) is 14.2. The van der Waals surface area contributed by atoms with Crippen molar-refractivity contribution in [2.45, 2.75) is 38.6 Å². The molecule has 0 bridgehead atoms. The molecule has 196 valence electrons. The molecule has 0 unspecified atom stereocenters. The van der Waals surface area contributed by atoms with Crippen LogP contribution in [-0.4, -0.2) is 56.7 Å². The smallest absolute Gasteiger partial charge is 0.267 e. The van der Waals surface area contributed by atoms with Gasteiger partial charge in [0, 0.05) is 38.4 Å². The van der Waals surface area contributed by atoms with Crippen LogP contribution in [0, 0.1) is 12.7 Å². The second kappa shape index (κ2) is 10.1. The Hall–Kier alpha value is -3.24. The number of rotatable bonds is 4. The first-order chi connectivity index (χ1) is 18.4. The van der Waals surface area contributed by atoms with Crippen molar-refractivity contribution in [1.82, 2.24) is 14.3 Å². The van der Waals surface area contributed by atoms with Gasteiger partial charge in [0.25, 0.3) is 11.5 Å². The highest BCUT2D eigenvalue weighted by Crippen LogP contribution is 2.38. The molecule has 10 heteroatoms. The van der Waals surface area contributed by atoms with E-state index in [-0.39, 0.29) is 23.3 Å². The number of halogens is 1. The average Bonchev–Trinajstić information content (AvgIpc) is 3.54. The quantitative estimate of drug-likeness (QED) is 0.348. The fourth-order valence-corrected chi connectivity index (χ4v) is 6.95. The number of aryl methyl sites for hydroxylation is 1. The number of carbonyl (C=O) groups excluding carboxylic acids is 1. The van der Waals surface area contributed by atoms with Crippen molar-refractivity contribution in [1.29, 1.82) is 0 Å². The lowest BCUT2D eigenvalue weighted by atomic mass is 10.2. The summed E-state index contributed by atoms with van der Waals surface area (Å²) in [7, 11) is 0. The summed E-state index contributed by atoms with van der Waals surface area (Å²) < 4.78 is 16.5. The van der Waals surface area contributed by atoms with E-state index in [1.807, 2.05) is 30.0 Å². The lowest BCUT2D eigenvalue weighted by Gasteiger charge is -2.37. The van der Waals surface area contributed by atoms with Gasteiger partial charge in [-0.25, -0.2) is 9.37 Å². The van der Waals surface area contributed by atoms with Gasteiger partial charge in [0.15, 0.2) is 0 Å². The van der Waals surface area contributed by atoms with E-state index in [9.17, 15) is 14.0 Å². The summed E-state index contributed by atoms with van der Waals surface area (Å²) in [6.07, 6.45) is 7.55. The van der Waals surface area contributed by atoms with Gasteiger partial charge in [-0.05, 0) is 49.6 Å². The molecule has 1 aliphatic carbocycles. The SMILES string of the molecule is Cc1ccc2nc(N3CCN(c4ccccc4F)CC3)c(/C=C3/SC(=S)N(C4CCCC4)C3=O)c(=O)n2c1. The number of carbonyl (C=O) groups is 1. The lowest BCUT2D eigenvalue weighted by Crippen LogP contribution is -2.47. The summed E-state index contributed by atoms with van der Waals surface area (Å²) in [6, 6.07) is 10.7. The number of para-hydroxylation sites is 1. The highest BCUT2D eigenvalue weighted by molar-refractivity contribution is 8.26. The number of fused-ring (bicyclic) bond motifs is 1. The molecule has 0 spiro atoms. The van der Waals surface area contributed by atoms with Gasteiger partial charge in [-0.15, -0.1) is 0 Å². The Labute approximate surface area is 229 Å². The van der Waals surface area contributed by atoms with Gasteiger partial charge in [0.2, 0.25) is 0 Å². The molecular weight excluding hydrogens is 521 g/mol. The Balaban J connectivity index is 1.37.